The second kappa shape index (κ2) is 14.7. The number of fused-ring (bicyclic) bond motifs is 3. The van der Waals surface area contributed by atoms with Crippen LogP contribution in [0.3, 0.4) is 0 Å². The molecule has 0 saturated heterocycles. The van der Waals surface area contributed by atoms with Gasteiger partial charge in [0.15, 0.2) is 0 Å². The molecule has 0 spiro atoms. The summed E-state index contributed by atoms with van der Waals surface area (Å²) in [4.78, 5) is 7.31. The van der Waals surface area contributed by atoms with Gasteiger partial charge in [-0.05, 0) is 120 Å². The van der Waals surface area contributed by atoms with Crippen LogP contribution in [0.25, 0.3) is 61.2 Å². The third-order valence-corrected chi connectivity index (χ3v) is 11.3. The van der Waals surface area contributed by atoms with Crippen LogP contribution in [-0.2, 0) is 12.8 Å². The minimum atomic E-state index is 0.952. The summed E-state index contributed by atoms with van der Waals surface area (Å²) in [6, 6.07) is 69.7. The van der Waals surface area contributed by atoms with Gasteiger partial charge in [-0.2, -0.15) is 0 Å². The van der Waals surface area contributed by atoms with Gasteiger partial charge in [-0.1, -0.05) is 133 Å². The van der Waals surface area contributed by atoms with Gasteiger partial charge in [0.1, 0.15) is 0 Å². The molecule has 3 nitrogen and oxygen atoms in total. The van der Waals surface area contributed by atoms with E-state index in [1.807, 2.05) is 6.20 Å². The molecule has 2 heterocycles. The molecule has 3 heteroatoms. The predicted octanol–water partition coefficient (Wildman–Crippen LogP) is 14.0. The Hall–Kier alpha value is -6.97. The van der Waals surface area contributed by atoms with E-state index in [9.17, 15) is 0 Å². The maximum absolute atomic E-state index is 4.99. The Bertz CT molecular complexity index is 2660. The molecule has 2 aromatic heterocycles. The van der Waals surface area contributed by atoms with Crippen LogP contribution < -0.4 is 4.90 Å². The second-order valence-corrected chi connectivity index (χ2v) is 14.7. The minimum absolute atomic E-state index is 0.952. The lowest BCUT2D eigenvalue weighted by Gasteiger charge is -2.26. The van der Waals surface area contributed by atoms with Gasteiger partial charge in [0, 0.05) is 51.2 Å². The lowest BCUT2D eigenvalue weighted by Crippen LogP contribution is -2.09. The fourth-order valence-corrected chi connectivity index (χ4v) is 8.45. The molecule has 0 aliphatic heterocycles. The molecule has 0 bridgehead atoms. The predicted molar refractivity (Wildman–Crippen MR) is 234 cm³/mol. The molecule has 1 aliphatic carbocycles. The summed E-state index contributed by atoms with van der Waals surface area (Å²) in [7, 11) is 0. The van der Waals surface area contributed by atoms with E-state index in [-0.39, 0.29) is 0 Å². The molecule has 56 heavy (non-hydrogen) atoms. The van der Waals surface area contributed by atoms with Crippen molar-refractivity contribution in [3.05, 3.63) is 212 Å². The smallest absolute Gasteiger partial charge is 0.0702 e. The van der Waals surface area contributed by atoms with E-state index in [0.29, 0.717) is 0 Å². The molecule has 0 unspecified atom stereocenters. The Labute approximate surface area is 328 Å². The Morgan fingerprint density at radius 1 is 0.411 bits per heavy atom. The number of rotatable bonds is 8. The summed E-state index contributed by atoms with van der Waals surface area (Å²) in [5, 5.41) is 1.40. The van der Waals surface area contributed by atoms with Crippen molar-refractivity contribution in [1.29, 1.82) is 0 Å². The summed E-state index contributed by atoms with van der Waals surface area (Å²) in [6.45, 7) is 0. The molecule has 0 fully saturated rings. The third-order valence-electron chi connectivity index (χ3n) is 11.3. The van der Waals surface area contributed by atoms with Crippen LogP contribution in [0.15, 0.2) is 200 Å². The van der Waals surface area contributed by atoms with Gasteiger partial charge in [0.25, 0.3) is 0 Å². The molecule has 1 aliphatic rings. The maximum atomic E-state index is 4.99. The van der Waals surface area contributed by atoms with E-state index in [1.165, 1.54) is 68.5 Å². The Kier molecular flexibility index (Phi) is 8.81. The Morgan fingerprint density at radius 3 is 1.54 bits per heavy atom. The lowest BCUT2D eigenvalue weighted by atomic mass is 9.95. The van der Waals surface area contributed by atoms with Crippen LogP contribution >= 0.6 is 0 Å². The molecule has 7 aromatic carbocycles. The first-order valence-corrected chi connectivity index (χ1v) is 19.7. The third kappa shape index (κ3) is 6.37. The summed E-state index contributed by atoms with van der Waals surface area (Å²) in [5.41, 5.74) is 17.9. The minimum Gasteiger partial charge on any atom is -0.313 e. The highest BCUT2D eigenvalue weighted by Crippen LogP contribution is 2.39. The molecule has 0 N–H and O–H groups in total. The molecular formula is C53H41N3. The van der Waals surface area contributed by atoms with E-state index < -0.39 is 0 Å². The van der Waals surface area contributed by atoms with Gasteiger partial charge in [0.05, 0.1) is 11.2 Å². The quantitative estimate of drug-likeness (QED) is 0.156. The molecule has 0 amide bonds. The van der Waals surface area contributed by atoms with Gasteiger partial charge in [-0.3, -0.25) is 4.98 Å². The van der Waals surface area contributed by atoms with Crippen LogP contribution in [0.4, 0.5) is 17.1 Å². The number of pyridine rings is 1. The topological polar surface area (TPSA) is 21.1 Å². The number of hydrogen-bond donors (Lipinski definition) is 0. The number of aryl methyl sites for hydroxylation is 1. The number of nitrogens with zero attached hydrogens (tertiary/aromatic N) is 3. The highest BCUT2D eigenvalue weighted by atomic mass is 15.1. The van der Waals surface area contributed by atoms with Gasteiger partial charge in [-0.15, -0.1) is 0 Å². The second-order valence-electron chi connectivity index (χ2n) is 14.7. The van der Waals surface area contributed by atoms with Crippen molar-refractivity contribution in [3.63, 3.8) is 0 Å². The standard InChI is InChI=1S/C53H41N3/c1-3-12-38(13-4-1)40-22-29-45(30-23-40)55(46-31-24-41(25-32-46)39-14-5-2-6-15-39)47-33-26-42(27-34-47)51-35-28-44(37-54-51)43-16-11-17-48(36-43)56-52-20-9-7-18-49(52)50-19-8-10-21-53(50)56/h1-7,9,11-18,20,22-37H,8,10,19,21H2. The van der Waals surface area contributed by atoms with Crippen LogP contribution in [-0.4, -0.2) is 9.55 Å². The molecule has 268 valence electrons. The van der Waals surface area contributed by atoms with Crippen LogP contribution in [0.5, 0.6) is 0 Å². The van der Waals surface area contributed by atoms with Crippen LogP contribution in [0.1, 0.15) is 24.1 Å². The van der Waals surface area contributed by atoms with E-state index in [4.69, 9.17) is 4.98 Å². The van der Waals surface area contributed by atoms with Gasteiger partial charge in [-0.25, -0.2) is 0 Å². The van der Waals surface area contributed by atoms with Crippen molar-refractivity contribution in [3.8, 4) is 50.3 Å². The Balaban J connectivity index is 0.945. The Morgan fingerprint density at radius 2 is 0.929 bits per heavy atom. The van der Waals surface area contributed by atoms with Crippen molar-refractivity contribution in [2.24, 2.45) is 0 Å². The molecular weight excluding hydrogens is 679 g/mol. The number of aromatic nitrogens is 2. The zero-order valence-corrected chi connectivity index (χ0v) is 31.2. The van der Waals surface area contributed by atoms with Crippen molar-refractivity contribution < 1.29 is 0 Å². The normalized spacial score (nSPS) is 12.4. The van der Waals surface area contributed by atoms with Gasteiger partial charge in [0.2, 0.25) is 0 Å². The van der Waals surface area contributed by atoms with Crippen LogP contribution in [0, 0.1) is 0 Å². The zero-order chi connectivity index (χ0) is 37.3. The van der Waals surface area contributed by atoms with Crippen molar-refractivity contribution >= 4 is 28.0 Å². The van der Waals surface area contributed by atoms with Gasteiger partial charge >= 0.3 is 0 Å². The molecule has 0 saturated carbocycles. The fraction of sp³-hybridized carbons (Fsp3) is 0.0755. The largest absolute Gasteiger partial charge is 0.313 e. The number of hydrogen-bond acceptors (Lipinski definition) is 2. The molecule has 0 atom stereocenters. The zero-order valence-electron chi connectivity index (χ0n) is 31.2. The molecule has 0 radical (unpaired) electrons. The van der Waals surface area contributed by atoms with Crippen molar-refractivity contribution in [2.75, 3.05) is 4.90 Å². The summed E-state index contributed by atoms with van der Waals surface area (Å²) in [5.74, 6) is 0. The molecule has 9 aromatic rings. The highest BCUT2D eigenvalue weighted by molar-refractivity contribution is 5.88. The highest BCUT2D eigenvalue weighted by Gasteiger charge is 2.21. The number of benzene rings is 7. The van der Waals surface area contributed by atoms with Gasteiger partial charge < -0.3 is 9.47 Å². The van der Waals surface area contributed by atoms with Crippen LogP contribution in [0.2, 0.25) is 0 Å². The molecule has 10 rings (SSSR count). The first-order valence-electron chi connectivity index (χ1n) is 19.7. The maximum Gasteiger partial charge on any atom is 0.0702 e. The SMILES string of the molecule is c1ccc(-c2ccc(N(c3ccc(-c4ccccc4)cc3)c3ccc(-c4ccc(-c5cccc(-n6c7c(c8ccccc86)CCCC7)c5)cn4)cc3)cc2)cc1. The average molecular weight is 720 g/mol. The van der Waals surface area contributed by atoms with Crippen molar-refractivity contribution in [2.45, 2.75) is 25.7 Å². The fourth-order valence-electron chi connectivity index (χ4n) is 8.45. The first-order chi connectivity index (χ1) is 27.8. The summed E-state index contributed by atoms with van der Waals surface area (Å²) in [6.07, 6.45) is 6.82. The van der Waals surface area contributed by atoms with E-state index in [2.05, 4.69) is 204 Å². The van der Waals surface area contributed by atoms with E-state index in [0.717, 1.165) is 46.7 Å². The first kappa shape index (κ1) is 33.6. The van der Waals surface area contributed by atoms with Crippen molar-refractivity contribution in [1.82, 2.24) is 9.55 Å². The van der Waals surface area contributed by atoms with E-state index in [1.54, 1.807) is 0 Å². The summed E-state index contributed by atoms with van der Waals surface area (Å²) >= 11 is 0. The lowest BCUT2D eigenvalue weighted by molar-refractivity contribution is 0.667. The monoisotopic (exact) mass is 719 g/mol. The number of anilines is 3. The summed E-state index contributed by atoms with van der Waals surface area (Å²) < 4.78 is 2.50. The van der Waals surface area contributed by atoms with E-state index >= 15 is 0 Å². The average Bonchev–Trinajstić information content (AvgIpc) is 3.62. The number of para-hydroxylation sites is 1.